The molecule has 4 N–H and O–H groups in total. The molecule has 0 amide bonds. The normalized spacial score (nSPS) is 13.8. The van der Waals surface area contributed by atoms with Gasteiger partial charge in [0.15, 0.2) is 11.6 Å². The molecular weight excluding hydrogens is 392 g/mol. The smallest absolute Gasteiger partial charge is 0.189 e. The van der Waals surface area contributed by atoms with E-state index in [0.29, 0.717) is 12.2 Å². The number of anilines is 2. The molecule has 1 aliphatic rings. The van der Waals surface area contributed by atoms with E-state index in [-0.39, 0.29) is 29.8 Å². The Morgan fingerprint density at radius 2 is 1.97 bits per heavy atom. The van der Waals surface area contributed by atoms with Gasteiger partial charge in [0, 0.05) is 55.8 Å². The van der Waals surface area contributed by atoms with Crippen molar-refractivity contribution in [1.29, 1.82) is 0 Å². The number of hydrogen-bond donors (Lipinski definition) is 2. The van der Waals surface area contributed by atoms with Crippen LogP contribution in [0.4, 0.5) is 11.5 Å². The molecule has 160 valence electrons. The molecule has 2 aromatic heterocycles. The maximum absolute atomic E-state index is 13.1. The van der Waals surface area contributed by atoms with Crippen LogP contribution < -0.4 is 16.4 Å². The predicted octanol–water partition coefficient (Wildman–Crippen LogP) is 1.88. The molecule has 0 saturated carbocycles. The summed E-state index contributed by atoms with van der Waals surface area (Å²) in [7, 11) is 1.71. The Morgan fingerprint density at radius 1 is 1.19 bits per heavy atom. The van der Waals surface area contributed by atoms with Crippen LogP contribution in [0.2, 0.25) is 0 Å². The molecule has 3 heterocycles. The third-order valence-corrected chi connectivity index (χ3v) is 5.50. The molecule has 31 heavy (non-hydrogen) atoms. The molecule has 3 aromatic rings. The fraction of sp³-hybridized carbons (Fsp3) is 0.304. The molecule has 8 nitrogen and oxygen atoms in total. The van der Waals surface area contributed by atoms with E-state index in [1.807, 2.05) is 30.3 Å². The summed E-state index contributed by atoms with van der Waals surface area (Å²) in [6.07, 6.45) is 6.21. The van der Waals surface area contributed by atoms with Gasteiger partial charge in [-0.3, -0.25) is 9.78 Å². The zero-order chi connectivity index (χ0) is 21.8. The zero-order valence-electron chi connectivity index (χ0n) is 17.5. The summed E-state index contributed by atoms with van der Waals surface area (Å²) in [6.45, 7) is 2.18. The minimum absolute atomic E-state index is 0.127. The molecule has 0 aliphatic carbocycles. The monoisotopic (exact) mass is 418 g/mol. The van der Waals surface area contributed by atoms with Crippen molar-refractivity contribution in [2.24, 2.45) is 5.73 Å². The topological polar surface area (TPSA) is 120 Å². The Morgan fingerprint density at radius 3 is 2.68 bits per heavy atom. The van der Waals surface area contributed by atoms with E-state index in [0.717, 1.165) is 41.9 Å². The molecule has 8 heteroatoms. The lowest BCUT2D eigenvalue weighted by Gasteiger charge is -2.40. The zero-order valence-corrected chi connectivity index (χ0v) is 17.5. The van der Waals surface area contributed by atoms with Crippen LogP contribution >= 0.6 is 0 Å². The number of Topliss-reactive ketones (excluding diaryl/α,β-unsaturated/α-hetero) is 1. The summed E-state index contributed by atoms with van der Waals surface area (Å²) >= 11 is 0. The SMILES string of the molecule is COC1CN(c2ccncc2CC(=O)c2nc(-c3ccc(CCN)cc3)cnc2N)C1. The summed E-state index contributed by atoms with van der Waals surface area (Å²) in [6, 6.07) is 9.83. The molecule has 0 radical (unpaired) electrons. The first-order chi connectivity index (χ1) is 15.1. The van der Waals surface area contributed by atoms with Crippen LogP contribution in [0.5, 0.6) is 0 Å². The summed E-state index contributed by atoms with van der Waals surface area (Å²) in [5.74, 6) is -0.0630. The number of rotatable bonds is 8. The fourth-order valence-electron chi connectivity index (χ4n) is 3.66. The summed E-state index contributed by atoms with van der Waals surface area (Å²) in [5.41, 5.74) is 16.2. The standard InChI is InChI=1S/C23H26N6O2/c1-31-18-13-29(14-18)20-7-9-26-11-17(20)10-21(30)22-23(25)27-12-19(28-22)16-4-2-15(3-5-16)6-8-24/h2-5,7,9,11-12,18H,6,8,10,13-14,24H2,1H3,(H2,25,27). The molecule has 1 aromatic carbocycles. The number of nitrogen functional groups attached to an aromatic ring is 1. The van der Waals surface area contributed by atoms with Crippen LogP contribution in [0.25, 0.3) is 11.3 Å². The second-order valence-electron chi connectivity index (χ2n) is 7.59. The van der Waals surface area contributed by atoms with E-state index in [4.69, 9.17) is 16.2 Å². The third kappa shape index (κ3) is 4.55. The van der Waals surface area contributed by atoms with E-state index in [1.54, 1.807) is 25.7 Å². The minimum Gasteiger partial charge on any atom is -0.382 e. The van der Waals surface area contributed by atoms with Gasteiger partial charge in [0.05, 0.1) is 18.0 Å². The van der Waals surface area contributed by atoms with Gasteiger partial charge >= 0.3 is 0 Å². The van der Waals surface area contributed by atoms with Crippen molar-refractivity contribution in [2.45, 2.75) is 18.9 Å². The molecule has 0 bridgehead atoms. The number of carbonyl (C=O) groups excluding carboxylic acids is 1. The number of pyridine rings is 1. The highest BCUT2D eigenvalue weighted by Crippen LogP contribution is 2.27. The highest BCUT2D eigenvalue weighted by atomic mass is 16.5. The second-order valence-corrected chi connectivity index (χ2v) is 7.59. The lowest BCUT2D eigenvalue weighted by molar-refractivity contribution is 0.0786. The first-order valence-electron chi connectivity index (χ1n) is 10.2. The van der Waals surface area contributed by atoms with Crippen molar-refractivity contribution >= 4 is 17.3 Å². The van der Waals surface area contributed by atoms with Gasteiger partial charge in [-0.05, 0) is 24.6 Å². The number of benzene rings is 1. The van der Waals surface area contributed by atoms with Crippen molar-refractivity contribution in [3.05, 3.63) is 65.7 Å². The average Bonchev–Trinajstić information content (AvgIpc) is 2.75. The van der Waals surface area contributed by atoms with Crippen LogP contribution in [0.3, 0.4) is 0 Å². The van der Waals surface area contributed by atoms with Crippen LogP contribution in [0.1, 0.15) is 21.6 Å². The van der Waals surface area contributed by atoms with Crippen LogP contribution in [-0.2, 0) is 17.6 Å². The summed E-state index contributed by atoms with van der Waals surface area (Å²) in [5, 5.41) is 0. The second kappa shape index (κ2) is 9.20. The summed E-state index contributed by atoms with van der Waals surface area (Å²) in [4.78, 5) is 28.2. The van der Waals surface area contributed by atoms with E-state index in [2.05, 4.69) is 19.9 Å². The van der Waals surface area contributed by atoms with Crippen LogP contribution in [0, 0.1) is 0 Å². The number of aromatic nitrogens is 3. The fourth-order valence-corrected chi connectivity index (χ4v) is 3.66. The largest absolute Gasteiger partial charge is 0.382 e. The molecule has 0 unspecified atom stereocenters. The molecule has 0 spiro atoms. The first kappa shape index (κ1) is 20.9. The minimum atomic E-state index is -0.190. The van der Waals surface area contributed by atoms with E-state index in [1.165, 1.54) is 0 Å². The van der Waals surface area contributed by atoms with E-state index in [9.17, 15) is 4.79 Å². The number of carbonyl (C=O) groups is 1. The molecule has 0 atom stereocenters. The molecule has 1 aliphatic heterocycles. The van der Waals surface area contributed by atoms with Gasteiger partial charge < -0.3 is 21.1 Å². The number of hydrogen-bond acceptors (Lipinski definition) is 8. The third-order valence-electron chi connectivity index (χ3n) is 5.50. The Balaban J connectivity index is 1.55. The van der Waals surface area contributed by atoms with Gasteiger partial charge in [-0.2, -0.15) is 0 Å². The first-order valence-corrected chi connectivity index (χ1v) is 10.2. The van der Waals surface area contributed by atoms with Gasteiger partial charge in [-0.25, -0.2) is 9.97 Å². The Hall–Kier alpha value is -3.36. The molecular formula is C23H26N6O2. The van der Waals surface area contributed by atoms with Crippen LogP contribution in [0.15, 0.2) is 48.9 Å². The molecule has 4 rings (SSSR count). The van der Waals surface area contributed by atoms with Gasteiger partial charge in [-0.1, -0.05) is 24.3 Å². The number of nitrogens with zero attached hydrogens (tertiary/aromatic N) is 4. The number of methoxy groups -OCH3 is 1. The van der Waals surface area contributed by atoms with Gasteiger partial charge in [0.25, 0.3) is 0 Å². The van der Waals surface area contributed by atoms with Crippen LogP contribution in [-0.4, -0.2) is 53.6 Å². The van der Waals surface area contributed by atoms with Crippen molar-refractivity contribution in [1.82, 2.24) is 15.0 Å². The lowest BCUT2D eigenvalue weighted by atomic mass is 10.0. The lowest BCUT2D eigenvalue weighted by Crippen LogP contribution is -2.52. The Labute approximate surface area is 181 Å². The van der Waals surface area contributed by atoms with Crippen molar-refractivity contribution in [3.63, 3.8) is 0 Å². The highest BCUT2D eigenvalue weighted by Gasteiger charge is 2.28. The molecule has 1 saturated heterocycles. The quantitative estimate of drug-likeness (QED) is 0.532. The predicted molar refractivity (Wildman–Crippen MR) is 120 cm³/mol. The number of nitrogens with two attached hydrogens (primary N) is 2. The summed E-state index contributed by atoms with van der Waals surface area (Å²) < 4.78 is 5.35. The Kier molecular flexibility index (Phi) is 6.20. The number of ketones is 1. The van der Waals surface area contributed by atoms with Crippen molar-refractivity contribution < 1.29 is 9.53 Å². The van der Waals surface area contributed by atoms with Gasteiger partial charge in [-0.15, -0.1) is 0 Å². The van der Waals surface area contributed by atoms with E-state index < -0.39 is 0 Å². The maximum atomic E-state index is 13.1. The van der Waals surface area contributed by atoms with Crippen molar-refractivity contribution in [2.75, 3.05) is 37.4 Å². The Bertz CT molecular complexity index is 1060. The van der Waals surface area contributed by atoms with Gasteiger partial charge in [0.2, 0.25) is 0 Å². The maximum Gasteiger partial charge on any atom is 0.189 e. The van der Waals surface area contributed by atoms with Gasteiger partial charge in [0.1, 0.15) is 5.69 Å². The van der Waals surface area contributed by atoms with E-state index >= 15 is 0 Å². The average molecular weight is 419 g/mol. The number of ether oxygens (including phenoxy) is 1. The molecule has 1 fully saturated rings. The van der Waals surface area contributed by atoms with Crippen molar-refractivity contribution in [3.8, 4) is 11.3 Å². The highest BCUT2D eigenvalue weighted by molar-refractivity contribution is 6.00.